The number of hydrogen-bond donors (Lipinski definition) is 3. The van der Waals surface area contributed by atoms with E-state index in [1.807, 2.05) is 6.07 Å². The SMILES string of the molecule is N=c1n(CC(=O)N/N=C/c2ccc3c(c2)OCO3)c2ccc(C(=O)c3ccccc3)cc2n1CC(=O)N/N=C/c1ccc2c(c1)OCO2. The Hall–Kier alpha value is -6.70. The minimum atomic E-state index is -0.526. The zero-order valence-electron chi connectivity index (χ0n) is 25.2. The van der Waals surface area contributed by atoms with Crippen molar-refractivity contribution in [1.82, 2.24) is 20.0 Å². The molecule has 0 spiro atoms. The van der Waals surface area contributed by atoms with Crippen LogP contribution in [-0.2, 0) is 22.7 Å². The Morgan fingerprint density at radius 1 is 0.646 bits per heavy atom. The van der Waals surface area contributed by atoms with Gasteiger partial charge in [-0.05, 0) is 65.7 Å². The Bertz CT molecular complexity index is 2190. The van der Waals surface area contributed by atoms with E-state index in [4.69, 9.17) is 24.4 Å². The molecule has 0 unspecified atom stereocenters. The summed E-state index contributed by atoms with van der Waals surface area (Å²) in [4.78, 5) is 39.3. The maximum Gasteiger partial charge on any atom is 0.260 e. The highest BCUT2D eigenvalue weighted by molar-refractivity contribution is 6.10. The molecule has 3 heterocycles. The molecule has 0 fully saturated rings. The zero-order valence-corrected chi connectivity index (χ0v) is 25.2. The van der Waals surface area contributed by atoms with E-state index in [-0.39, 0.29) is 38.1 Å². The van der Waals surface area contributed by atoms with Gasteiger partial charge >= 0.3 is 0 Å². The lowest BCUT2D eigenvalue weighted by molar-refractivity contribution is -0.122. The quantitative estimate of drug-likeness (QED) is 0.119. The van der Waals surface area contributed by atoms with Gasteiger partial charge < -0.3 is 28.1 Å². The minimum Gasteiger partial charge on any atom is -0.454 e. The van der Waals surface area contributed by atoms with Gasteiger partial charge in [-0.2, -0.15) is 10.2 Å². The average Bonchev–Trinajstić information content (AvgIpc) is 3.83. The number of hydrazone groups is 2. The number of aromatic nitrogens is 2. The van der Waals surface area contributed by atoms with Crippen LogP contribution >= 0.6 is 0 Å². The number of nitrogens with one attached hydrogen (secondary N) is 3. The van der Waals surface area contributed by atoms with Crippen LogP contribution in [0.25, 0.3) is 11.0 Å². The Morgan fingerprint density at radius 2 is 1.19 bits per heavy atom. The monoisotopic (exact) mass is 645 g/mol. The summed E-state index contributed by atoms with van der Waals surface area (Å²) in [7, 11) is 0. The van der Waals surface area contributed by atoms with Crippen molar-refractivity contribution in [3.63, 3.8) is 0 Å². The van der Waals surface area contributed by atoms with E-state index in [0.29, 0.717) is 56.3 Å². The summed E-state index contributed by atoms with van der Waals surface area (Å²) in [6.07, 6.45) is 2.92. The predicted molar refractivity (Wildman–Crippen MR) is 172 cm³/mol. The second kappa shape index (κ2) is 13.0. The fourth-order valence-electron chi connectivity index (χ4n) is 5.26. The lowest BCUT2D eigenvalue weighted by Gasteiger charge is -2.05. The number of rotatable bonds is 10. The number of nitrogens with zero attached hydrogens (tertiary/aromatic N) is 4. The first-order valence-electron chi connectivity index (χ1n) is 14.7. The average molecular weight is 646 g/mol. The molecular formula is C34H27N7O7. The van der Waals surface area contributed by atoms with Gasteiger partial charge in [0.05, 0.1) is 23.5 Å². The summed E-state index contributed by atoms with van der Waals surface area (Å²) in [6, 6.07) is 24.2. The molecule has 2 aliphatic rings. The third-order valence-electron chi connectivity index (χ3n) is 7.57. The summed E-state index contributed by atoms with van der Waals surface area (Å²) >= 11 is 0. The molecule has 240 valence electrons. The molecule has 0 aliphatic carbocycles. The molecule has 5 aromatic rings. The Balaban J connectivity index is 1.12. The Labute approximate surface area is 272 Å². The summed E-state index contributed by atoms with van der Waals surface area (Å²) in [5, 5.41) is 17.0. The van der Waals surface area contributed by atoms with Crippen molar-refractivity contribution >= 4 is 41.1 Å². The van der Waals surface area contributed by atoms with Crippen molar-refractivity contribution in [3.05, 3.63) is 113 Å². The van der Waals surface area contributed by atoms with E-state index < -0.39 is 11.8 Å². The van der Waals surface area contributed by atoms with Crippen molar-refractivity contribution < 1.29 is 33.3 Å². The lowest BCUT2D eigenvalue weighted by atomic mass is 10.0. The fourth-order valence-corrected chi connectivity index (χ4v) is 5.26. The van der Waals surface area contributed by atoms with Crippen LogP contribution in [0.5, 0.6) is 23.0 Å². The largest absolute Gasteiger partial charge is 0.454 e. The molecule has 0 bridgehead atoms. The minimum absolute atomic E-state index is 0.140. The van der Waals surface area contributed by atoms with E-state index in [2.05, 4.69) is 21.1 Å². The van der Waals surface area contributed by atoms with E-state index in [0.717, 1.165) is 0 Å². The van der Waals surface area contributed by atoms with Gasteiger partial charge in [0.25, 0.3) is 11.8 Å². The maximum atomic E-state index is 13.3. The summed E-state index contributed by atoms with van der Waals surface area (Å²) in [6.45, 7) is -0.309. The first-order valence-corrected chi connectivity index (χ1v) is 14.7. The highest BCUT2D eigenvalue weighted by atomic mass is 16.7. The first kappa shape index (κ1) is 30.0. The third-order valence-corrected chi connectivity index (χ3v) is 7.57. The maximum absolute atomic E-state index is 13.3. The van der Waals surface area contributed by atoms with Gasteiger partial charge in [0, 0.05) is 11.1 Å². The second-order valence-corrected chi connectivity index (χ2v) is 10.7. The van der Waals surface area contributed by atoms with E-state index in [9.17, 15) is 14.4 Å². The van der Waals surface area contributed by atoms with Crippen molar-refractivity contribution in [2.45, 2.75) is 13.1 Å². The Morgan fingerprint density at radius 3 is 1.77 bits per heavy atom. The van der Waals surface area contributed by atoms with Gasteiger partial charge in [-0.1, -0.05) is 30.3 Å². The van der Waals surface area contributed by atoms with Crippen molar-refractivity contribution in [1.29, 1.82) is 5.41 Å². The molecule has 1 aromatic heterocycles. The zero-order chi connectivity index (χ0) is 33.0. The van der Waals surface area contributed by atoms with E-state index in [1.165, 1.54) is 21.6 Å². The number of fused-ring (bicyclic) bond motifs is 3. The second-order valence-electron chi connectivity index (χ2n) is 10.7. The summed E-state index contributed by atoms with van der Waals surface area (Å²) in [5.41, 5.74) is 7.91. The molecule has 0 atom stereocenters. The van der Waals surface area contributed by atoms with Crippen LogP contribution in [0.2, 0.25) is 0 Å². The number of carbonyl (C=O) groups is 3. The van der Waals surface area contributed by atoms with Gasteiger partial charge in [0.2, 0.25) is 19.2 Å². The number of ether oxygens (including phenoxy) is 4. The van der Waals surface area contributed by atoms with Crippen molar-refractivity contribution in [3.8, 4) is 23.0 Å². The number of hydrogen-bond acceptors (Lipinski definition) is 10. The molecule has 14 nitrogen and oxygen atoms in total. The van der Waals surface area contributed by atoms with Crippen molar-refractivity contribution in [2.24, 2.45) is 10.2 Å². The molecule has 7 rings (SSSR count). The fraction of sp³-hybridized carbons (Fsp3) is 0.118. The summed E-state index contributed by atoms with van der Waals surface area (Å²) in [5.74, 6) is 1.16. The molecule has 2 aliphatic heterocycles. The Kier molecular flexibility index (Phi) is 8.10. The van der Waals surface area contributed by atoms with Gasteiger partial charge in [-0.3, -0.25) is 19.8 Å². The number of benzene rings is 4. The molecule has 14 heteroatoms. The van der Waals surface area contributed by atoms with Crippen LogP contribution < -0.4 is 35.4 Å². The van der Waals surface area contributed by atoms with Crippen LogP contribution in [0.1, 0.15) is 27.0 Å². The van der Waals surface area contributed by atoms with Crippen LogP contribution in [0.4, 0.5) is 0 Å². The molecule has 0 saturated carbocycles. The van der Waals surface area contributed by atoms with Gasteiger partial charge in [0.15, 0.2) is 28.8 Å². The normalized spacial score (nSPS) is 13.0. The standard InChI is InChI=1S/C34H27N7O7/c35-34-40(17-31(42)38-36-15-21-6-10-27-29(12-21)47-19-45-27)25-9-8-24(33(44)23-4-2-1-3-5-23)14-26(25)41(34)18-32(43)39-37-16-22-7-11-28-30(13-22)48-20-46-28/h1-16,35H,17-20H2,(H,38,42)(H,39,43)/b35-34?,36-15+,37-16+. The number of carbonyl (C=O) groups excluding carboxylic acids is 3. The van der Waals surface area contributed by atoms with Gasteiger partial charge in [-0.15, -0.1) is 0 Å². The third kappa shape index (κ3) is 6.22. The highest BCUT2D eigenvalue weighted by Gasteiger charge is 2.19. The van der Waals surface area contributed by atoms with Crippen LogP contribution in [-0.4, -0.2) is 52.7 Å². The molecule has 2 amide bonds. The molecule has 48 heavy (non-hydrogen) atoms. The van der Waals surface area contributed by atoms with E-state index >= 15 is 0 Å². The topological polar surface area (TPSA) is 171 Å². The molecule has 4 aromatic carbocycles. The molecule has 3 N–H and O–H groups in total. The van der Waals surface area contributed by atoms with Crippen LogP contribution in [0.3, 0.4) is 0 Å². The van der Waals surface area contributed by atoms with Crippen LogP contribution in [0, 0.1) is 5.41 Å². The summed E-state index contributed by atoms with van der Waals surface area (Å²) < 4.78 is 24.2. The molecule has 0 radical (unpaired) electrons. The highest BCUT2D eigenvalue weighted by Crippen LogP contribution is 2.33. The number of amides is 2. The number of imidazole rings is 1. The van der Waals surface area contributed by atoms with E-state index in [1.54, 1.807) is 78.9 Å². The molecule has 0 saturated heterocycles. The smallest absolute Gasteiger partial charge is 0.260 e. The van der Waals surface area contributed by atoms with Crippen LogP contribution in [0.15, 0.2) is 95.1 Å². The first-order chi connectivity index (χ1) is 23.4. The number of ketones is 1. The van der Waals surface area contributed by atoms with Gasteiger partial charge in [-0.25, -0.2) is 10.9 Å². The lowest BCUT2D eigenvalue weighted by Crippen LogP contribution is -2.34. The molecular weight excluding hydrogens is 618 g/mol. The van der Waals surface area contributed by atoms with Crippen molar-refractivity contribution in [2.75, 3.05) is 13.6 Å². The van der Waals surface area contributed by atoms with Gasteiger partial charge in [0.1, 0.15) is 13.1 Å². The predicted octanol–water partition coefficient (Wildman–Crippen LogP) is 2.91.